The molecule has 2 aromatic rings. The fourth-order valence-corrected chi connectivity index (χ4v) is 3.06. The lowest BCUT2D eigenvalue weighted by molar-refractivity contribution is -0.118. The van der Waals surface area contributed by atoms with E-state index in [1.165, 1.54) is 12.1 Å². The molecule has 0 spiro atoms. The molecule has 0 aliphatic heterocycles. The molecular formula is C16H17BrN2O3S. The monoisotopic (exact) mass is 396 g/mol. The highest BCUT2D eigenvalue weighted by Crippen LogP contribution is 2.20. The van der Waals surface area contributed by atoms with Gasteiger partial charge in [0, 0.05) is 21.8 Å². The molecule has 2 aromatic carbocycles. The summed E-state index contributed by atoms with van der Waals surface area (Å²) in [5.74, 6) is -0.209. The van der Waals surface area contributed by atoms with Crippen molar-refractivity contribution in [3.8, 4) is 0 Å². The molecule has 0 fully saturated rings. The zero-order chi connectivity index (χ0) is 17.0. The van der Waals surface area contributed by atoms with Crippen LogP contribution in [0.25, 0.3) is 0 Å². The van der Waals surface area contributed by atoms with Gasteiger partial charge in [-0.25, -0.2) is 8.42 Å². The van der Waals surface area contributed by atoms with Crippen LogP contribution in [0, 0.1) is 5.92 Å². The van der Waals surface area contributed by atoms with Crippen molar-refractivity contribution >= 4 is 43.2 Å². The summed E-state index contributed by atoms with van der Waals surface area (Å²) in [6, 6.07) is 12.9. The van der Waals surface area contributed by atoms with Gasteiger partial charge in [0.2, 0.25) is 5.91 Å². The maximum Gasteiger partial charge on any atom is 0.261 e. The molecule has 23 heavy (non-hydrogen) atoms. The molecular weight excluding hydrogens is 380 g/mol. The average Bonchev–Trinajstić information content (AvgIpc) is 2.49. The Balaban J connectivity index is 2.11. The zero-order valence-corrected chi connectivity index (χ0v) is 15.1. The number of halogens is 1. The average molecular weight is 397 g/mol. The van der Waals surface area contributed by atoms with E-state index in [-0.39, 0.29) is 16.7 Å². The molecule has 0 saturated heterocycles. The number of carbonyl (C=O) groups excluding carboxylic acids is 1. The van der Waals surface area contributed by atoms with E-state index in [0.717, 1.165) is 4.47 Å². The van der Waals surface area contributed by atoms with Crippen LogP contribution in [0.2, 0.25) is 0 Å². The van der Waals surface area contributed by atoms with E-state index in [1.807, 2.05) is 0 Å². The molecule has 0 aromatic heterocycles. The summed E-state index contributed by atoms with van der Waals surface area (Å²) in [5, 5.41) is 2.75. The maximum atomic E-state index is 12.3. The van der Waals surface area contributed by atoms with Gasteiger partial charge in [0.15, 0.2) is 0 Å². The Bertz CT molecular complexity index is 785. The molecule has 7 heteroatoms. The summed E-state index contributed by atoms with van der Waals surface area (Å²) in [5.41, 5.74) is 1.05. The second kappa shape index (κ2) is 7.14. The first-order valence-electron chi connectivity index (χ1n) is 6.97. The fraction of sp³-hybridized carbons (Fsp3) is 0.188. The molecule has 2 N–H and O–H groups in total. The van der Waals surface area contributed by atoms with Crippen LogP contribution in [0.3, 0.4) is 0 Å². The summed E-state index contributed by atoms with van der Waals surface area (Å²) in [6.45, 7) is 3.60. The summed E-state index contributed by atoms with van der Waals surface area (Å²) in [6.07, 6.45) is 0. The second-order valence-electron chi connectivity index (χ2n) is 5.28. The summed E-state index contributed by atoms with van der Waals surface area (Å²) in [7, 11) is -3.64. The lowest BCUT2D eigenvalue weighted by Crippen LogP contribution is -2.17. The van der Waals surface area contributed by atoms with Gasteiger partial charge in [-0.15, -0.1) is 0 Å². The predicted octanol–water partition coefficient (Wildman–Crippen LogP) is 3.84. The van der Waals surface area contributed by atoms with Gasteiger partial charge >= 0.3 is 0 Å². The highest BCUT2D eigenvalue weighted by atomic mass is 79.9. The highest BCUT2D eigenvalue weighted by molar-refractivity contribution is 9.10. The molecule has 0 radical (unpaired) electrons. The minimum atomic E-state index is -3.64. The molecule has 2 rings (SSSR count). The lowest BCUT2D eigenvalue weighted by Gasteiger charge is -2.10. The number of carbonyl (C=O) groups is 1. The molecule has 0 unspecified atom stereocenters. The number of hydrogen-bond acceptors (Lipinski definition) is 3. The summed E-state index contributed by atoms with van der Waals surface area (Å²) < 4.78 is 27.8. The molecule has 0 aliphatic carbocycles. The Morgan fingerprint density at radius 1 is 0.957 bits per heavy atom. The van der Waals surface area contributed by atoms with Gasteiger partial charge in [-0.1, -0.05) is 29.8 Å². The minimum Gasteiger partial charge on any atom is -0.326 e. The van der Waals surface area contributed by atoms with Crippen molar-refractivity contribution in [3.05, 3.63) is 53.0 Å². The first-order chi connectivity index (χ1) is 10.8. The summed E-state index contributed by atoms with van der Waals surface area (Å²) >= 11 is 3.27. The number of amides is 1. The van der Waals surface area contributed by atoms with Crippen molar-refractivity contribution < 1.29 is 13.2 Å². The minimum absolute atomic E-state index is 0.0896. The van der Waals surface area contributed by atoms with Crippen molar-refractivity contribution in [1.82, 2.24) is 0 Å². The normalized spacial score (nSPS) is 11.3. The quantitative estimate of drug-likeness (QED) is 0.805. The topological polar surface area (TPSA) is 75.3 Å². The highest BCUT2D eigenvalue weighted by Gasteiger charge is 2.14. The van der Waals surface area contributed by atoms with Crippen molar-refractivity contribution in [2.75, 3.05) is 10.0 Å². The van der Waals surface area contributed by atoms with E-state index in [4.69, 9.17) is 0 Å². The van der Waals surface area contributed by atoms with Crippen LogP contribution in [0.1, 0.15) is 13.8 Å². The fourth-order valence-electron chi connectivity index (χ4n) is 1.74. The number of hydrogen-bond donors (Lipinski definition) is 2. The van der Waals surface area contributed by atoms with Gasteiger partial charge in [-0.3, -0.25) is 9.52 Å². The standard InChI is InChI=1S/C16H17BrN2O3S/c1-11(2)16(20)18-13-5-7-14(8-6-13)19-23(21,22)15-9-3-12(17)4-10-15/h3-11,19H,1-2H3,(H,18,20). The van der Waals surface area contributed by atoms with Gasteiger partial charge in [0.1, 0.15) is 0 Å². The van der Waals surface area contributed by atoms with Crippen LogP contribution in [-0.2, 0) is 14.8 Å². The number of nitrogens with one attached hydrogen (secondary N) is 2. The first-order valence-corrected chi connectivity index (χ1v) is 9.25. The van der Waals surface area contributed by atoms with E-state index in [1.54, 1.807) is 50.2 Å². The Labute approximate surface area is 144 Å². The predicted molar refractivity (Wildman–Crippen MR) is 94.9 cm³/mol. The molecule has 0 heterocycles. The third kappa shape index (κ3) is 4.80. The number of rotatable bonds is 5. The molecule has 0 atom stereocenters. The van der Waals surface area contributed by atoms with Crippen molar-refractivity contribution in [1.29, 1.82) is 0 Å². The Kier molecular flexibility index (Phi) is 5.43. The molecule has 0 aliphatic rings. The zero-order valence-electron chi connectivity index (χ0n) is 12.7. The molecule has 1 amide bonds. The van der Waals surface area contributed by atoms with Gasteiger partial charge in [0.25, 0.3) is 10.0 Å². The maximum absolute atomic E-state index is 12.3. The van der Waals surface area contributed by atoms with Crippen LogP contribution < -0.4 is 10.0 Å². The molecule has 0 bridgehead atoms. The van der Waals surface area contributed by atoms with E-state index in [0.29, 0.717) is 11.4 Å². The van der Waals surface area contributed by atoms with Gasteiger partial charge in [0.05, 0.1) is 4.90 Å². The third-order valence-electron chi connectivity index (χ3n) is 3.05. The number of anilines is 2. The van der Waals surface area contributed by atoms with Crippen LogP contribution >= 0.6 is 15.9 Å². The smallest absolute Gasteiger partial charge is 0.261 e. The van der Waals surface area contributed by atoms with E-state index in [2.05, 4.69) is 26.0 Å². The molecule has 5 nitrogen and oxygen atoms in total. The second-order valence-corrected chi connectivity index (χ2v) is 7.88. The van der Waals surface area contributed by atoms with Gasteiger partial charge < -0.3 is 5.32 Å². The van der Waals surface area contributed by atoms with E-state index in [9.17, 15) is 13.2 Å². The largest absolute Gasteiger partial charge is 0.326 e. The van der Waals surface area contributed by atoms with Gasteiger partial charge in [-0.2, -0.15) is 0 Å². The lowest BCUT2D eigenvalue weighted by atomic mass is 10.2. The Morgan fingerprint density at radius 2 is 1.48 bits per heavy atom. The molecule has 0 saturated carbocycles. The van der Waals surface area contributed by atoms with Crippen LogP contribution in [0.15, 0.2) is 57.9 Å². The third-order valence-corrected chi connectivity index (χ3v) is 4.98. The number of sulfonamides is 1. The van der Waals surface area contributed by atoms with Crippen molar-refractivity contribution in [2.45, 2.75) is 18.7 Å². The molecule has 122 valence electrons. The SMILES string of the molecule is CC(C)C(=O)Nc1ccc(NS(=O)(=O)c2ccc(Br)cc2)cc1. The van der Waals surface area contributed by atoms with Crippen LogP contribution in [0.5, 0.6) is 0 Å². The Morgan fingerprint density at radius 3 is 2.00 bits per heavy atom. The van der Waals surface area contributed by atoms with Crippen LogP contribution in [0.4, 0.5) is 11.4 Å². The first kappa shape index (κ1) is 17.5. The van der Waals surface area contributed by atoms with Crippen LogP contribution in [-0.4, -0.2) is 14.3 Å². The number of benzene rings is 2. The summed E-state index contributed by atoms with van der Waals surface area (Å²) in [4.78, 5) is 11.8. The van der Waals surface area contributed by atoms with E-state index >= 15 is 0 Å². The van der Waals surface area contributed by atoms with Crippen molar-refractivity contribution in [3.63, 3.8) is 0 Å². The van der Waals surface area contributed by atoms with E-state index < -0.39 is 10.0 Å². The van der Waals surface area contributed by atoms with Crippen molar-refractivity contribution in [2.24, 2.45) is 5.92 Å². The Hall–Kier alpha value is -1.86. The van der Waals surface area contributed by atoms with Gasteiger partial charge in [-0.05, 0) is 48.5 Å².